The Labute approximate surface area is 198 Å². The van der Waals surface area contributed by atoms with Crippen LogP contribution in [0.3, 0.4) is 0 Å². The number of carbonyl (C=O) groups excluding carboxylic acids is 1. The number of hydrogen-bond acceptors (Lipinski definition) is 6. The zero-order chi connectivity index (χ0) is 24.5. The van der Waals surface area contributed by atoms with Gasteiger partial charge in [-0.1, -0.05) is 26.0 Å². The Hall–Kier alpha value is -4.22. The molecule has 0 unspecified atom stereocenters. The minimum Gasteiger partial charge on any atom is -0.493 e. The first kappa shape index (κ1) is 24.4. The second kappa shape index (κ2) is 11.6. The summed E-state index contributed by atoms with van der Waals surface area (Å²) in [6.07, 6.45) is 3.22. The third kappa shape index (κ3) is 5.22. The summed E-state index contributed by atoms with van der Waals surface area (Å²) in [5.41, 5.74) is 4.68. The third-order valence-electron chi connectivity index (χ3n) is 5.08. The lowest BCUT2D eigenvalue weighted by molar-refractivity contribution is 0.0950. The number of nitrogens with one attached hydrogen (secondary N) is 2. The van der Waals surface area contributed by atoms with Crippen molar-refractivity contribution in [2.24, 2.45) is 0 Å². The standard InChI is InChI=1S/C24H21N5O3.C2H6/c1-2-32-22-9-17(6-7-19(22)16-5-3-4-15(8-16)10-25)24(31)27-12-18-11-26-21(14-30)20-13-28-29-23(18)20;1-2/h3-9,11,13,30H,2,12,14H2,1H3,(H,27,31)(H,28,29);1-2H3. The van der Waals surface area contributed by atoms with Gasteiger partial charge in [-0.2, -0.15) is 10.4 Å². The summed E-state index contributed by atoms with van der Waals surface area (Å²) in [6.45, 7) is 6.37. The predicted octanol–water partition coefficient (Wildman–Crippen LogP) is 4.34. The van der Waals surface area contributed by atoms with Gasteiger partial charge in [0.15, 0.2) is 0 Å². The number of aromatic nitrogens is 3. The van der Waals surface area contributed by atoms with Crippen molar-refractivity contribution in [3.63, 3.8) is 0 Å². The molecule has 1 amide bonds. The molecule has 0 aliphatic heterocycles. The number of fused-ring (bicyclic) bond motifs is 1. The highest BCUT2D eigenvalue weighted by Gasteiger charge is 2.14. The monoisotopic (exact) mass is 457 g/mol. The van der Waals surface area contributed by atoms with Crippen molar-refractivity contribution in [3.05, 3.63) is 77.2 Å². The summed E-state index contributed by atoms with van der Waals surface area (Å²) < 4.78 is 5.78. The molecule has 0 spiro atoms. The van der Waals surface area contributed by atoms with Crippen LogP contribution in [0.4, 0.5) is 0 Å². The van der Waals surface area contributed by atoms with Crippen molar-refractivity contribution in [3.8, 4) is 22.9 Å². The minimum atomic E-state index is -0.262. The van der Waals surface area contributed by atoms with Crippen LogP contribution in [0.1, 0.15) is 48.0 Å². The fraction of sp³-hybridized carbons (Fsp3) is 0.231. The number of aromatic amines is 1. The molecular weight excluding hydrogens is 430 g/mol. The minimum absolute atomic E-state index is 0.188. The van der Waals surface area contributed by atoms with Crippen LogP contribution in [-0.4, -0.2) is 32.8 Å². The molecule has 174 valence electrons. The van der Waals surface area contributed by atoms with E-state index in [-0.39, 0.29) is 19.1 Å². The molecule has 0 bridgehead atoms. The molecule has 2 aromatic carbocycles. The maximum absolute atomic E-state index is 12.8. The van der Waals surface area contributed by atoms with Gasteiger partial charge in [0.2, 0.25) is 0 Å². The van der Waals surface area contributed by atoms with Crippen molar-refractivity contribution < 1.29 is 14.6 Å². The van der Waals surface area contributed by atoms with Crippen LogP contribution in [0.15, 0.2) is 54.9 Å². The van der Waals surface area contributed by atoms with E-state index < -0.39 is 0 Å². The van der Waals surface area contributed by atoms with Gasteiger partial charge in [-0.15, -0.1) is 0 Å². The van der Waals surface area contributed by atoms with Crippen molar-refractivity contribution in [2.75, 3.05) is 6.61 Å². The van der Waals surface area contributed by atoms with Gasteiger partial charge in [0.05, 0.1) is 42.3 Å². The van der Waals surface area contributed by atoms with Gasteiger partial charge >= 0.3 is 0 Å². The normalized spacial score (nSPS) is 10.2. The lowest BCUT2D eigenvalue weighted by atomic mass is 10.0. The van der Waals surface area contributed by atoms with E-state index >= 15 is 0 Å². The second-order valence-electron chi connectivity index (χ2n) is 7.07. The van der Waals surface area contributed by atoms with Gasteiger partial charge in [-0.05, 0) is 42.8 Å². The van der Waals surface area contributed by atoms with Crippen LogP contribution < -0.4 is 10.1 Å². The molecule has 0 atom stereocenters. The molecule has 0 saturated heterocycles. The fourth-order valence-electron chi connectivity index (χ4n) is 3.51. The van der Waals surface area contributed by atoms with Crippen LogP contribution in [0.5, 0.6) is 5.75 Å². The van der Waals surface area contributed by atoms with E-state index in [0.29, 0.717) is 29.2 Å². The third-order valence-corrected chi connectivity index (χ3v) is 5.08. The molecule has 0 radical (unpaired) electrons. The molecule has 8 nitrogen and oxygen atoms in total. The molecule has 8 heteroatoms. The maximum Gasteiger partial charge on any atom is 0.251 e. The Morgan fingerprint density at radius 3 is 2.76 bits per heavy atom. The highest BCUT2D eigenvalue weighted by atomic mass is 16.5. The van der Waals surface area contributed by atoms with E-state index in [1.54, 1.807) is 36.7 Å². The smallest absolute Gasteiger partial charge is 0.251 e. The van der Waals surface area contributed by atoms with E-state index in [9.17, 15) is 15.2 Å². The van der Waals surface area contributed by atoms with Crippen molar-refractivity contribution >= 4 is 16.8 Å². The van der Waals surface area contributed by atoms with E-state index in [1.807, 2.05) is 39.0 Å². The Kier molecular flexibility index (Phi) is 8.32. The first-order chi connectivity index (χ1) is 16.6. The van der Waals surface area contributed by atoms with Crippen LogP contribution in [0, 0.1) is 11.3 Å². The summed E-state index contributed by atoms with van der Waals surface area (Å²) in [5.74, 6) is 0.308. The van der Waals surface area contributed by atoms with Gasteiger partial charge in [0.1, 0.15) is 5.75 Å². The number of rotatable bonds is 7. The van der Waals surface area contributed by atoms with Gasteiger partial charge < -0.3 is 15.2 Å². The van der Waals surface area contributed by atoms with E-state index in [0.717, 1.165) is 27.6 Å². The van der Waals surface area contributed by atoms with Crippen molar-refractivity contribution in [1.82, 2.24) is 20.5 Å². The fourth-order valence-corrected chi connectivity index (χ4v) is 3.51. The zero-order valence-corrected chi connectivity index (χ0v) is 19.4. The average molecular weight is 458 g/mol. The Bertz CT molecular complexity index is 1320. The topological polar surface area (TPSA) is 124 Å². The number of aliphatic hydroxyl groups is 1. The van der Waals surface area contributed by atoms with E-state index in [2.05, 4.69) is 26.6 Å². The second-order valence-corrected chi connectivity index (χ2v) is 7.07. The first-order valence-corrected chi connectivity index (χ1v) is 11.1. The maximum atomic E-state index is 12.8. The van der Waals surface area contributed by atoms with Crippen LogP contribution in [-0.2, 0) is 13.2 Å². The molecule has 0 saturated carbocycles. The summed E-state index contributed by atoms with van der Waals surface area (Å²) in [7, 11) is 0. The molecule has 34 heavy (non-hydrogen) atoms. The number of H-pyrrole nitrogens is 1. The molecule has 4 aromatic rings. The summed E-state index contributed by atoms with van der Waals surface area (Å²) in [5, 5.41) is 29.1. The first-order valence-electron chi connectivity index (χ1n) is 11.1. The molecule has 0 aliphatic carbocycles. The average Bonchev–Trinajstić information content (AvgIpc) is 3.39. The largest absolute Gasteiger partial charge is 0.493 e. The van der Waals surface area contributed by atoms with E-state index in [1.165, 1.54) is 0 Å². The molecule has 3 N–H and O–H groups in total. The lowest BCUT2D eigenvalue weighted by Crippen LogP contribution is -2.23. The van der Waals surface area contributed by atoms with Crippen LogP contribution >= 0.6 is 0 Å². The van der Waals surface area contributed by atoms with Gasteiger partial charge in [-0.3, -0.25) is 14.9 Å². The van der Waals surface area contributed by atoms with Crippen LogP contribution in [0.25, 0.3) is 22.0 Å². The highest BCUT2D eigenvalue weighted by Crippen LogP contribution is 2.32. The predicted molar refractivity (Wildman–Crippen MR) is 130 cm³/mol. The number of carbonyl (C=O) groups is 1. The summed E-state index contributed by atoms with van der Waals surface area (Å²) >= 11 is 0. The Morgan fingerprint density at radius 1 is 1.21 bits per heavy atom. The number of benzene rings is 2. The van der Waals surface area contributed by atoms with Crippen molar-refractivity contribution in [1.29, 1.82) is 5.26 Å². The van der Waals surface area contributed by atoms with E-state index in [4.69, 9.17) is 4.74 Å². The number of aliphatic hydroxyl groups excluding tert-OH is 1. The number of amides is 1. The molecule has 0 fully saturated rings. The molecule has 2 heterocycles. The highest BCUT2D eigenvalue weighted by molar-refractivity contribution is 5.96. The molecule has 2 aromatic heterocycles. The summed E-state index contributed by atoms with van der Waals surface area (Å²) in [6, 6.07) is 14.6. The van der Waals surface area contributed by atoms with Gasteiger partial charge in [0.25, 0.3) is 5.91 Å². The lowest BCUT2D eigenvalue weighted by Gasteiger charge is -2.13. The zero-order valence-electron chi connectivity index (χ0n) is 19.4. The molecule has 4 rings (SSSR count). The quantitative estimate of drug-likeness (QED) is 0.379. The number of hydrogen-bond donors (Lipinski definition) is 3. The molecule has 0 aliphatic rings. The Morgan fingerprint density at radius 2 is 2.03 bits per heavy atom. The SMILES string of the molecule is CC.CCOc1cc(C(=O)NCc2cnc(CO)c3cn[nH]c23)ccc1-c1cccc(C#N)c1. The summed E-state index contributed by atoms with van der Waals surface area (Å²) in [4.78, 5) is 17.1. The number of ether oxygens (including phenoxy) is 1. The molecular formula is C26H27N5O3. The Balaban J connectivity index is 0.00000158. The van der Waals surface area contributed by atoms with Crippen LogP contribution in [0.2, 0.25) is 0 Å². The van der Waals surface area contributed by atoms with Gasteiger partial charge in [-0.25, -0.2) is 0 Å². The number of pyridine rings is 1. The number of nitrogens with zero attached hydrogens (tertiary/aromatic N) is 3. The van der Waals surface area contributed by atoms with Crippen molar-refractivity contribution in [2.45, 2.75) is 33.9 Å². The number of nitriles is 1. The van der Waals surface area contributed by atoms with Gasteiger partial charge in [0, 0.05) is 34.8 Å².